The summed E-state index contributed by atoms with van der Waals surface area (Å²) in [5, 5.41) is 0. The quantitative estimate of drug-likeness (QED) is 0.640. The van der Waals surface area contributed by atoms with E-state index in [2.05, 4.69) is 0 Å². The summed E-state index contributed by atoms with van der Waals surface area (Å²) in [5.74, 6) is -2.92. The minimum absolute atomic E-state index is 0.135. The first kappa shape index (κ1) is 11.6. The standard InChI is InChI=1S/C10H15F2NO3/c1-9(2,3)16-8(14)13-4-5-15-7-6(13)10(7,11)12/h6-7H,4-5H2,1-3H3/t6-,7+/m1/s1. The van der Waals surface area contributed by atoms with Gasteiger partial charge in [0, 0.05) is 6.54 Å². The van der Waals surface area contributed by atoms with E-state index in [1.165, 1.54) is 0 Å². The third-order valence-corrected chi connectivity index (χ3v) is 2.54. The smallest absolute Gasteiger partial charge is 0.410 e. The van der Waals surface area contributed by atoms with Crippen LogP contribution >= 0.6 is 0 Å². The maximum absolute atomic E-state index is 13.2. The van der Waals surface area contributed by atoms with Crippen LogP contribution in [-0.4, -0.2) is 47.8 Å². The topological polar surface area (TPSA) is 38.8 Å². The molecule has 1 amide bonds. The maximum atomic E-state index is 13.2. The number of halogens is 2. The first-order valence-electron chi connectivity index (χ1n) is 5.22. The molecule has 1 saturated carbocycles. The predicted octanol–water partition coefficient (Wildman–Crippen LogP) is 1.64. The number of ether oxygens (including phenoxy) is 2. The van der Waals surface area contributed by atoms with E-state index >= 15 is 0 Å². The highest BCUT2D eigenvalue weighted by atomic mass is 19.3. The summed E-state index contributed by atoms with van der Waals surface area (Å²) in [6.07, 6.45) is -1.84. The molecule has 1 aliphatic heterocycles. The van der Waals surface area contributed by atoms with Crippen LogP contribution in [0.4, 0.5) is 13.6 Å². The molecule has 0 aromatic heterocycles. The molecule has 2 atom stereocenters. The van der Waals surface area contributed by atoms with Crippen molar-refractivity contribution in [1.82, 2.24) is 4.90 Å². The molecule has 0 aromatic rings. The number of hydrogen-bond donors (Lipinski definition) is 0. The Labute approximate surface area is 92.5 Å². The molecule has 0 aromatic carbocycles. The third-order valence-electron chi connectivity index (χ3n) is 2.54. The van der Waals surface area contributed by atoms with Crippen LogP contribution in [0.15, 0.2) is 0 Å². The first-order valence-corrected chi connectivity index (χ1v) is 5.22. The zero-order valence-electron chi connectivity index (χ0n) is 9.50. The highest BCUT2D eigenvalue weighted by Crippen LogP contribution is 2.50. The molecule has 1 heterocycles. The summed E-state index contributed by atoms with van der Waals surface area (Å²) in [7, 11) is 0. The number of nitrogens with zero attached hydrogens (tertiary/aromatic N) is 1. The van der Waals surface area contributed by atoms with Crippen LogP contribution in [0.1, 0.15) is 20.8 Å². The lowest BCUT2D eigenvalue weighted by molar-refractivity contribution is -0.0102. The Morgan fingerprint density at radius 3 is 2.69 bits per heavy atom. The molecular weight excluding hydrogens is 220 g/mol. The average Bonchev–Trinajstić information content (AvgIpc) is 2.67. The second-order valence-corrected chi connectivity index (χ2v) is 5.08. The van der Waals surface area contributed by atoms with Gasteiger partial charge in [0.2, 0.25) is 0 Å². The zero-order valence-corrected chi connectivity index (χ0v) is 9.50. The van der Waals surface area contributed by atoms with Gasteiger partial charge in [-0.05, 0) is 20.8 Å². The van der Waals surface area contributed by atoms with Crippen LogP contribution in [0.5, 0.6) is 0 Å². The van der Waals surface area contributed by atoms with E-state index in [1.54, 1.807) is 20.8 Å². The summed E-state index contributed by atoms with van der Waals surface area (Å²) in [6, 6.07) is -1.14. The number of morpholine rings is 1. The number of fused-ring (bicyclic) bond motifs is 1. The van der Waals surface area contributed by atoms with Gasteiger partial charge in [0.1, 0.15) is 17.7 Å². The van der Waals surface area contributed by atoms with Crippen molar-refractivity contribution in [1.29, 1.82) is 0 Å². The van der Waals surface area contributed by atoms with Crippen LogP contribution in [0, 0.1) is 0 Å². The molecule has 0 unspecified atom stereocenters. The molecule has 0 bridgehead atoms. The average molecular weight is 235 g/mol. The monoisotopic (exact) mass is 235 g/mol. The van der Waals surface area contributed by atoms with Crippen molar-refractivity contribution in [2.24, 2.45) is 0 Å². The SMILES string of the molecule is CC(C)(C)OC(=O)N1CCO[C@H]2[C@@H]1C2(F)F. The van der Waals surface area contributed by atoms with E-state index in [9.17, 15) is 13.6 Å². The molecule has 92 valence electrons. The molecular formula is C10H15F2NO3. The fraction of sp³-hybridized carbons (Fsp3) is 0.900. The van der Waals surface area contributed by atoms with E-state index < -0.39 is 29.8 Å². The van der Waals surface area contributed by atoms with Gasteiger partial charge in [-0.15, -0.1) is 0 Å². The van der Waals surface area contributed by atoms with Gasteiger partial charge in [0.15, 0.2) is 0 Å². The molecule has 1 saturated heterocycles. The van der Waals surface area contributed by atoms with Crippen molar-refractivity contribution in [3.8, 4) is 0 Å². The van der Waals surface area contributed by atoms with Gasteiger partial charge < -0.3 is 9.47 Å². The summed E-state index contributed by atoms with van der Waals surface area (Å²) < 4.78 is 36.3. The summed E-state index contributed by atoms with van der Waals surface area (Å²) in [6.45, 7) is 5.40. The van der Waals surface area contributed by atoms with E-state index in [0.717, 1.165) is 4.90 Å². The Bertz CT molecular complexity index is 314. The maximum Gasteiger partial charge on any atom is 0.410 e. The molecule has 0 N–H and O–H groups in total. The number of rotatable bonds is 0. The molecule has 0 radical (unpaired) electrons. The molecule has 1 aliphatic carbocycles. The Morgan fingerprint density at radius 1 is 1.50 bits per heavy atom. The van der Waals surface area contributed by atoms with E-state index in [-0.39, 0.29) is 13.2 Å². The second kappa shape index (κ2) is 3.29. The lowest BCUT2D eigenvalue weighted by Crippen LogP contribution is -2.44. The summed E-state index contributed by atoms with van der Waals surface area (Å²) >= 11 is 0. The lowest BCUT2D eigenvalue weighted by atomic mass is 10.2. The zero-order chi connectivity index (χ0) is 12.1. The van der Waals surface area contributed by atoms with Crippen molar-refractivity contribution >= 4 is 6.09 Å². The van der Waals surface area contributed by atoms with E-state index in [4.69, 9.17) is 9.47 Å². The molecule has 0 spiro atoms. The van der Waals surface area contributed by atoms with Crippen LogP contribution < -0.4 is 0 Å². The Kier molecular flexibility index (Phi) is 2.38. The third kappa shape index (κ3) is 1.86. The fourth-order valence-corrected chi connectivity index (χ4v) is 1.80. The Morgan fingerprint density at radius 2 is 2.12 bits per heavy atom. The van der Waals surface area contributed by atoms with Crippen LogP contribution in [0.3, 0.4) is 0 Å². The lowest BCUT2D eigenvalue weighted by Gasteiger charge is -2.28. The molecule has 2 fully saturated rings. The van der Waals surface area contributed by atoms with Crippen LogP contribution in [0.25, 0.3) is 0 Å². The van der Waals surface area contributed by atoms with Crippen molar-refractivity contribution in [3.63, 3.8) is 0 Å². The van der Waals surface area contributed by atoms with Crippen molar-refractivity contribution in [2.45, 2.75) is 44.4 Å². The Hall–Kier alpha value is -0.910. The van der Waals surface area contributed by atoms with Gasteiger partial charge in [0.25, 0.3) is 5.92 Å². The summed E-state index contributed by atoms with van der Waals surface area (Å²) in [5.41, 5.74) is -0.672. The van der Waals surface area contributed by atoms with Gasteiger partial charge >= 0.3 is 6.09 Å². The highest BCUT2D eigenvalue weighted by Gasteiger charge is 2.75. The van der Waals surface area contributed by atoms with Crippen LogP contribution in [-0.2, 0) is 9.47 Å². The van der Waals surface area contributed by atoms with Crippen molar-refractivity contribution < 1.29 is 23.0 Å². The molecule has 2 aliphatic rings. The highest BCUT2D eigenvalue weighted by molar-refractivity contribution is 5.70. The van der Waals surface area contributed by atoms with Gasteiger partial charge in [-0.1, -0.05) is 0 Å². The molecule has 2 rings (SSSR count). The minimum atomic E-state index is -2.92. The predicted molar refractivity (Wildman–Crippen MR) is 51.4 cm³/mol. The minimum Gasteiger partial charge on any atom is -0.444 e. The Balaban J connectivity index is 2.02. The first-order chi connectivity index (χ1) is 7.23. The number of carbonyl (C=O) groups excluding carboxylic acids is 1. The molecule has 6 heteroatoms. The number of amides is 1. The number of hydrogen-bond acceptors (Lipinski definition) is 3. The number of carbonyl (C=O) groups is 1. The molecule has 16 heavy (non-hydrogen) atoms. The van der Waals surface area contributed by atoms with E-state index in [0.29, 0.717) is 0 Å². The largest absolute Gasteiger partial charge is 0.444 e. The van der Waals surface area contributed by atoms with Gasteiger partial charge in [0.05, 0.1) is 6.61 Å². The number of alkyl halides is 2. The van der Waals surface area contributed by atoms with Crippen molar-refractivity contribution in [3.05, 3.63) is 0 Å². The van der Waals surface area contributed by atoms with Gasteiger partial charge in [-0.2, -0.15) is 0 Å². The van der Waals surface area contributed by atoms with Gasteiger partial charge in [-0.25, -0.2) is 13.6 Å². The second-order valence-electron chi connectivity index (χ2n) is 5.08. The summed E-state index contributed by atoms with van der Waals surface area (Å²) in [4.78, 5) is 12.7. The molecule has 4 nitrogen and oxygen atoms in total. The van der Waals surface area contributed by atoms with E-state index in [1.807, 2.05) is 0 Å². The normalized spacial score (nSPS) is 31.9. The van der Waals surface area contributed by atoms with Gasteiger partial charge in [-0.3, -0.25) is 4.90 Å². The van der Waals surface area contributed by atoms with Crippen LogP contribution in [0.2, 0.25) is 0 Å². The fourth-order valence-electron chi connectivity index (χ4n) is 1.80. The van der Waals surface area contributed by atoms with Crippen molar-refractivity contribution in [2.75, 3.05) is 13.2 Å².